The first-order chi connectivity index (χ1) is 11.2. The van der Waals surface area contributed by atoms with Gasteiger partial charge in [0.15, 0.2) is 0 Å². The van der Waals surface area contributed by atoms with Crippen LogP contribution in [0.4, 0.5) is 0 Å². The highest BCUT2D eigenvalue weighted by Gasteiger charge is 2.29. The summed E-state index contributed by atoms with van der Waals surface area (Å²) in [5, 5.41) is 2.10. The number of amides is 1. The summed E-state index contributed by atoms with van der Waals surface area (Å²) in [6, 6.07) is 0.365. The molecule has 1 aliphatic carbocycles. The van der Waals surface area contributed by atoms with Crippen LogP contribution < -0.4 is 0 Å². The topological polar surface area (TPSA) is 38.1 Å². The maximum absolute atomic E-state index is 13.0. The molecule has 122 valence electrons. The van der Waals surface area contributed by atoms with Crippen LogP contribution >= 0.6 is 11.3 Å². The van der Waals surface area contributed by atoms with Gasteiger partial charge >= 0.3 is 0 Å². The predicted octanol–water partition coefficient (Wildman–Crippen LogP) is 3.61. The van der Waals surface area contributed by atoms with E-state index < -0.39 is 0 Å². The van der Waals surface area contributed by atoms with Gasteiger partial charge in [0.25, 0.3) is 5.91 Å². The Kier molecular flexibility index (Phi) is 3.97. The Morgan fingerprint density at radius 3 is 3.00 bits per heavy atom. The summed E-state index contributed by atoms with van der Waals surface area (Å²) in [5.41, 5.74) is 2.32. The van der Waals surface area contributed by atoms with Crippen LogP contribution in [0.5, 0.6) is 0 Å². The van der Waals surface area contributed by atoms with Gasteiger partial charge in [-0.3, -0.25) is 4.79 Å². The van der Waals surface area contributed by atoms with E-state index >= 15 is 0 Å². The number of hydrogen-bond donors (Lipinski definition) is 0. The van der Waals surface area contributed by atoms with E-state index in [2.05, 4.69) is 19.8 Å². The van der Waals surface area contributed by atoms with Crippen molar-refractivity contribution in [1.82, 2.24) is 14.5 Å². The molecule has 1 fully saturated rings. The second kappa shape index (κ2) is 6.11. The van der Waals surface area contributed by atoms with Crippen LogP contribution in [0.1, 0.15) is 58.3 Å². The molecule has 1 saturated heterocycles. The molecule has 2 aromatic heterocycles. The molecule has 2 aliphatic rings. The first kappa shape index (κ1) is 14.9. The van der Waals surface area contributed by atoms with Crippen molar-refractivity contribution < 1.29 is 4.79 Å². The largest absolute Gasteiger partial charge is 0.337 e. The first-order valence-electron chi connectivity index (χ1n) is 8.62. The van der Waals surface area contributed by atoms with Crippen molar-refractivity contribution in [3.8, 4) is 0 Å². The second-order valence-corrected chi connectivity index (χ2v) is 7.65. The number of hydrogen-bond acceptors (Lipinski definition) is 3. The zero-order chi connectivity index (χ0) is 15.8. The van der Waals surface area contributed by atoms with Gasteiger partial charge in [-0.1, -0.05) is 0 Å². The Bertz CT molecular complexity index is 718. The number of carbonyl (C=O) groups is 1. The van der Waals surface area contributed by atoms with Crippen molar-refractivity contribution in [3.05, 3.63) is 39.6 Å². The minimum Gasteiger partial charge on any atom is -0.337 e. The van der Waals surface area contributed by atoms with Gasteiger partial charge in [-0.05, 0) is 51.0 Å². The number of rotatable bonds is 2. The quantitative estimate of drug-likeness (QED) is 0.844. The summed E-state index contributed by atoms with van der Waals surface area (Å²) in [6.07, 6.45) is 10.8. The van der Waals surface area contributed by atoms with E-state index in [-0.39, 0.29) is 5.91 Å². The Hall–Kier alpha value is -1.62. The molecule has 4 nitrogen and oxygen atoms in total. The summed E-state index contributed by atoms with van der Waals surface area (Å²) in [7, 11) is 0. The predicted molar refractivity (Wildman–Crippen MR) is 92.1 cm³/mol. The summed E-state index contributed by atoms with van der Waals surface area (Å²) in [6.45, 7) is 3.73. The number of nitrogens with zero attached hydrogens (tertiary/aromatic N) is 3. The summed E-state index contributed by atoms with van der Waals surface area (Å²) in [4.78, 5) is 20.9. The highest BCUT2D eigenvalue weighted by molar-refractivity contribution is 7.10. The summed E-state index contributed by atoms with van der Waals surface area (Å²) < 4.78 is 2.22. The highest BCUT2D eigenvalue weighted by atomic mass is 32.1. The van der Waals surface area contributed by atoms with E-state index in [0.29, 0.717) is 6.04 Å². The van der Waals surface area contributed by atoms with Crippen LogP contribution in [0.3, 0.4) is 0 Å². The molecular formula is C18H23N3OS. The number of carbonyl (C=O) groups excluding carboxylic acids is 1. The van der Waals surface area contributed by atoms with E-state index in [0.717, 1.165) is 50.2 Å². The molecular weight excluding hydrogens is 306 g/mol. The normalized spacial score (nSPS) is 21.3. The second-order valence-electron chi connectivity index (χ2n) is 6.69. The fraction of sp³-hybridized carbons (Fsp3) is 0.556. The van der Waals surface area contributed by atoms with Crippen molar-refractivity contribution >= 4 is 17.2 Å². The molecule has 5 heteroatoms. The van der Waals surface area contributed by atoms with E-state index in [1.165, 1.54) is 23.3 Å². The average molecular weight is 329 g/mol. The number of piperidine rings is 1. The van der Waals surface area contributed by atoms with E-state index in [9.17, 15) is 4.79 Å². The molecule has 0 saturated carbocycles. The average Bonchev–Trinajstić information content (AvgIpc) is 3.20. The lowest BCUT2D eigenvalue weighted by Crippen LogP contribution is -2.41. The van der Waals surface area contributed by atoms with Crippen LogP contribution in [-0.4, -0.2) is 33.4 Å². The van der Waals surface area contributed by atoms with Gasteiger partial charge in [-0.15, -0.1) is 11.3 Å². The first-order valence-corrected chi connectivity index (χ1v) is 9.50. The number of fused-ring (bicyclic) bond motifs is 1. The zero-order valence-corrected chi connectivity index (χ0v) is 14.4. The van der Waals surface area contributed by atoms with Gasteiger partial charge in [0.05, 0.1) is 11.6 Å². The maximum Gasteiger partial charge on any atom is 0.255 e. The fourth-order valence-electron chi connectivity index (χ4n) is 3.98. The van der Waals surface area contributed by atoms with Crippen LogP contribution in [0, 0.1) is 6.92 Å². The number of thiophene rings is 1. The van der Waals surface area contributed by atoms with Crippen molar-refractivity contribution in [2.45, 2.75) is 51.5 Å². The molecule has 0 bridgehead atoms. The number of likely N-dealkylation sites (tertiary alicyclic amines) is 1. The van der Waals surface area contributed by atoms with Crippen LogP contribution in [-0.2, 0) is 12.8 Å². The molecule has 2 aromatic rings. The third-order valence-electron chi connectivity index (χ3n) is 5.23. The summed E-state index contributed by atoms with van der Waals surface area (Å²) in [5.74, 6) is 1.28. The lowest BCUT2D eigenvalue weighted by molar-refractivity contribution is 0.0677. The van der Waals surface area contributed by atoms with Crippen molar-refractivity contribution in [2.75, 3.05) is 13.1 Å². The molecule has 3 heterocycles. The number of aryl methyl sites for hydroxylation is 2. The lowest BCUT2D eigenvalue weighted by Gasteiger charge is -2.34. The molecule has 1 amide bonds. The maximum atomic E-state index is 13.0. The van der Waals surface area contributed by atoms with Crippen LogP contribution in [0.2, 0.25) is 0 Å². The van der Waals surface area contributed by atoms with Crippen LogP contribution in [0.25, 0.3) is 0 Å². The smallest absolute Gasteiger partial charge is 0.255 e. The van der Waals surface area contributed by atoms with Crippen LogP contribution in [0.15, 0.2) is 17.8 Å². The number of aromatic nitrogens is 2. The zero-order valence-electron chi connectivity index (χ0n) is 13.6. The molecule has 1 aliphatic heterocycles. The Morgan fingerprint density at radius 2 is 2.17 bits per heavy atom. The standard InChI is InChI=1S/C18H23N3OS/c1-13-19-8-10-21(13)14-5-4-9-20(11-14)18(22)16-12-23-17-7-3-2-6-15(16)17/h8,10,12,14H,2-7,9,11H2,1H3/t14-/m1/s1. The minimum atomic E-state index is 0.242. The van der Waals surface area contributed by atoms with Crippen molar-refractivity contribution in [2.24, 2.45) is 0 Å². The molecule has 1 atom stereocenters. The molecule has 0 unspecified atom stereocenters. The minimum absolute atomic E-state index is 0.242. The monoisotopic (exact) mass is 329 g/mol. The van der Waals surface area contributed by atoms with Gasteiger partial charge in [0, 0.05) is 35.7 Å². The van der Waals surface area contributed by atoms with Gasteiger partial charge in [-0.2, -0.15) is 0 Å². The lowest BCUT2D eigenvalue weighted by atomic mass is 9.95. The molecule has 0 radical (unpaired) electrons. The van der Waals surface area contributed by atoms with Gasteiger partial charge in [-0.25, -0.2) is 4.98 Å². The van der Waals surface area contributed by atoms with Crippen molar-refractivity contribution in [1.29, 1.82) is 0 Å². The number of imidazole rings is 1. The third kappa shape index (κ3) is 2.71. The van der Waals surface area contributed by atoms with Gasteiger partial charge < -0.3 is 9.47 Å². The Balaban J connectivity index is 1.54. The highest BCUT2D eigenvalue weighted by Crippen LogP contribution is 2.32. The van der Waals surface area contributed by atoms with Gasteiger partial charge in [0.1, 0.15) is 5.82 Å². The van der Waals surface area contributed by atoms with Gasteiger partial charge in [0.2, 0.25) is 0 Å². The molecule has 0 N–H and O–H groups in total. The third-order valence-corrected chi connectivity index (χ3v) is 6.32. The SMILES string of the molecule is Cc1nccn1[C@@H]1CCCN(C(=O)c2csc3c2CCCC3)C1. The molecule has 0 aromatic carbocycles. The fourth-order valence-corrected chi connectivity index (χ4v) is 5.10. The Labute approximate surface area is 141 Å². The summed E-state index contributed by atoms with van der Waals surface area (Å²) >= 11 is 1.78. The molecule has 0 spiro atoms. The van der Waals surface area contributed by atoms with Crippen molar-refractivity contribution in [3.63, 3.8) is 0 Å². The molecule has 4 rings (SSSR count). The van der Waals surface area contributed by atoms with E-state index in [4.69, 9.17) is 0 Å². The van der Waals surface area contributed by atoms with E-state index in [1.54, 1.807) is 11.3 Å². The van der Waals surface area contributed by atoms with E-state index in [1.807, 2.05) is 19.3 Å². The molecule has 23 heavy (non-hydrogen) atoms. The Morgan fingerprint density at radius 1 is 1.30 bits per heavy atom.